The van der Waals surface area contributed by atoms with Crippen LogP contribution < -0.4 is 10.6 Å². The SMILES string of the molecule is O=C(NCCCCO)OC12CC3CC(CC(NCC(=O)N4Cc5ccccc5C4)(C3)C1)C2. The number of carbonyl (C=O) groups is 2. The molecule has 1 aromatic rings. The highest BCUT2D eigenvalue weighted by Gasteiger charge is 2.59. The van der Waals surface area contributed by atoms with E-state index in [2.05, 4.69) is 22.8 Å². The Kier molecular flexibility index (Phi) is 5.88. The molecule has 5 aliphatic rings. The molecule has 1 aromatic carbocycles. The standard InChI is InChI=1S/C25H35N3O4/c29-8-4-3-7-26-23(31)32-25-12-18-9-19(13-25)11-24(10-18,17-25)27-14-22(30)28-15-20-5-1-2-6-21(20)16-28/h1-2,5-6,18-19,27,29H,3-4,7-17H2,(H,26,31). The number of fused-ring (bicyclic) bond motifs is 1. The van der Waals surface area contributed by atoms with E-state index in [0.29, 0.717) is 44.4 Å². The summed E-state index contributed by atoms with van der Waals surface area (Å²) < 4.78 is 6.06. The second-order valence-electron chi connectivity index (χ2n) is 10.5. The average Bonchev–Trinajstić information content (AvgIpc) is 3.18. The number of hydrogen-bond donors (Lipinski definition) is 3. The summed E-state index contributed by atoms with van der Waals surface area (Å²) in [5.41, 5.74) is 1.97. The lowest BCUT2D eigenvalue weighted by Crippen LogP contribution is -2.66. The number of carbonyl (C=O) groups excluding carboxylic acids is 2. The highest BCUT2D eigenvalue weighted by atomic mass is 16.6. The van der Waals surface area contributed by atoms with Gasteiger partial charge in [-0.15, -0.1) is 0 Å². The monoisotopic (exact) mass is 441 g/mol. The molecular weight excluding hydrogens is 406 g/mol. The van der Waals surface area contributed by atoms with Gasteiger partial charge < -0.3 is 25.4 Å². The lowest BCUT2D eigenvalue weighted by Gasteiger charge is -2.61. The van der Waals surface area contributed by atoms with Crippen molar-refractivity contribution in [3.05, 3.63) is 35.4 Å². The first kappa shape index (κ1) is 21.7. The fourth-order valence-electron chi connectivity index (χ4n) is 7.05. The Balaban J connectivity index is 1.18. The molecule has 0 radical (unpaired) electrons. The highest BCUT2D eigenvalue weighted by Crippen LogP contribution is 2.58. The van der Waals surface area contributed by atoms with Gasteiger partial charge in [-0.3, -0.25) is 4.79 Å². The van der Waals surface area contributed by atoms with Gasteiger partial charge in [-0.25, -0.2) is 4.79 Å². The number of rotatable bonds is 8. The van der Waals surface area contributed by atoms with Crippen LogP contribution in [0.4, 0.5) is 4.79 Å². The zero-order chi connectivity index (χ0) is 22.2. The molecule has 2 atom stereocenters. The molecule has 1 aliphatic heterocycles. The molecule has 0 saturated heterocycles. The zero-order valence-electron chi connectivity index (χ0n) is 18.8. The second kappa shape index (κ2) is 8.67. The number of nitrogens with one attached hydrogen (secondary N) is 2. The largest absolute Gasteiger partial charge is 0.443 e. The molecule has 32 heavy (non-hydrogen) atoms. The molecule has 0 aromatic heterocycles. The first-order valence-corrected chi connectivity index (χ1v) is 12.2. The van der Waals surface area contributed by atoms with Gasteiger partial charge in [0.15, 0.2) is 0 Å². The summed E-state index contributed by atoms with van der Waals surface area (Å²) in [5, 5.41) is 15.4. The van der Waals surface area contributed by atoms with Gasteiger partial charge in [0.2, 0.25) is 5.91 Å². The fourth-order valence-corrected chi connectivity index (χ4v) is 7.05. The van der Waals surface area contributed by atoms with Crippen LogP contribution in [0, 0.1) is 11.8 Å². The molecule has 0 spiro atoms. The summed E-state index contributed by atoms with van der Waals surface area (Å²) in [6.07, 6.45) is 7.11. The summed E-state index contributed by atoms with van der Waals surface area (Å²) in [6.45, 7) is 2.40. The molecular formula is C25H35N3O4. The van der Waals surface area contributed by atoms with E-state index >= 15 is 0 Å². The molecule has 174 valence electrons. The predicted octanol–water partition coefficient (Wildman–Crippen LogP) is 2.71. The van der Waals surface area contributed by atoms with Crippen molar-refractivity contribution in [1.82, 2.24) is 15.5 Å². The van der Waals surface area contributed by atoms with Gasteiger partial charge in [0.05, 0.1) is 6.54 Å². The van der Waals surface area contributed by atoms with Gasteiger partial charge in [0, 0.05) is 38.2 Å². The number of aliphatic hydroxyl groups is 1. The lowest BCUT2D eigenvalue weighted by atomic mass is 9.51. The van der Waals surface area contributed by atoms with Crippen molar-refractivity contribution in [3.8, 4) is 0 Å². The average molecular weight is 442 g/mol. The van der Waals surface area contributed by atoms with E-state index < -0.39 is 5.60 Å². The molecule has 4 saturated carbocycles. The maximum atomic E-state index is 13.0. The number of aliphatic hydroxyl groups excluding tert-OH is 1. The van der Waals surface area contributed by atoms with Crippen molar-refractivity contribution in [2.45, 2.75) is 75.6 Å². The van der Waals surface area contributed by atoms with E-state index in [9.17, 15) is 9.59 Å². The van der Waals surface area contributed by atoms with E-state index in [1.165, 1.54) is 17.5 Å². The lowest BCUT2D eigenvalue weighted by molar-refractivity contribution is -0.148. The third-order valence-electron chi connectivity index (χ3n) is 7.98. The van der Waals surface area contributed by atoms with Crippen LogP contribution in [0.2, 0.25) is 0 Å². The Bertz CT molecular complexity index is 833. The third-order valence-corrected chi connectivity index (χ3v) is 7.98. The number of benzene rings is 1. The zero-order valence-corrected chi connectivity index (χ0v) is 18.8. The van der Waals surface area contributed by atoms with Crippen LogP contribution in [0.25, 0.3) is 0 Å². The van der Waals surface area contributed by atoms with Crippen LogP contribution in [0.15, 0.2) is 24.3 Å². The Morgan fingerprint density at radius 3 is 2.41 bits per heavy atom. The summed E-state index contributed by atoms with van der Waals surface area (Å²) in [6, 6.07) is 8.27. The normalized spacial score (nSPS) is 32.1. The van der Waals surface area contributed by atoms with E-state index in [1.54, 1.807) is 0 Å². The Morgan fingerprint density at radius 2 is 1.75 bits per heavy atom. The minimum Gasteiger partial charge on any atom is -0.443 e. The molecule has 1 heterocycles. The second-order valence-corrected chi connectivity index (χ2v) is 10.5. The number of hydrogen-bond acceptors (Lipinski definition) is 5. The number of nitrogens with zero attached hydrogens (tertiary/aromatic N) is 1. The van der Waals surface area contributed by atoms with Crippen molar-refractivity contribution in [2.24, 2.45) is 11.8 Å². The van der Waals surface area contributed by atoms with Crippen molar-refractivity contribution < 1.29 is 19.4 Å². The molecule has 7 nitrogen and oxygen atoms in total. The summed E-state index contributed by atoms with van der Waals surface area (Å²) in [5.74, 6) is 1.25. The molecule has 7 heteroatoms. The van der Waals surface area contributed by atoms with E-state index in [-0.39, 0.29) is 24.1 Å². The maximum absolute atomic E-state index is 13.0. The van der Waals surface area contributed by atoms with Crippen molar-refractivity contribution >= 4 is 12.0 Å². The van der Waals surface area contributed by atoms with E-state index in [0.717, 1.165) is 38.5 Å². The van der Waals surface area contributed by atoms with Gasteiger partial charge in [0.1, 0.15) is 5.60 Å². The van der Waals surface area contributed by atoms with Crippen LogP contribution in [-0.4, -0.2) is 52.8 Å². The number of amides is 2. The van der Waals surface area contributed by atoms with Gasteiger partial charge in [-0.2, -0.15) is 0 Å². The number of alkyl carbamates (subject to hydrolysis) is 1. The Morgan fingerprint density at radius 1 is 1.06 bits per heavy atom. The Hall–Kier alpha value is -2.12. The summed E-state index contributed by atoms with van der Waals surface area (Å²) in [7, 11) is 0. The van der Waals surface area contributed by atoms with Crippen molar-refractivity contribution in [1.29, 1.82) is 0 Å². The van der Waals surface area contributed by atoms with Crippen molar-refractivity contribution in [2.75, 3.05) is 19.7 Å². The molecule has 4 bridgehead atoms. The van der Waals surface area contributed by atoms with E-state index in [4.69, 9.17) is 9.84 Å². The molecule has 6 rings (SSSR count). The minimum atomic E-state index is -0.412. The molecule has 4 aliphatic carbocycles. The fraction of sp³-hybridized carbons (Fsp3) is 0.680. The van der Waals surface area contributed by atoms with Crippen LogP contribution in [0.3, 0.4) is 0 Å². The van der Waals surface area contributed by atoms with Gasteiger partial charge >= 0.3 is 6.09 Å². The minimum absolute atomic E-state index is 0.108. The van der Waals surface area contributed by atoms with Crippen LogP contribution >= 0.6 is 0 Å². The molecule has 3 N–H and O–H groups in total. The quantitative estimate of drug-likeness (QED) is 0.540. The molecule has 2 amide bonds. The molecule has 4 fully saturated rings. The summed E-state index contributed by atoms with van der Waals surface area (Å²) in [4.78, 5) is 27.4. The first-order valence-electron chi connectivity index (χ1n) is 12.2. The Labute approximate surface area is 189 Å². The third kappa shape index (κ3) is 4.37. The number of ether oxygens (including phenoxy) is 1. The number of unbranched alkanes of at least 4 members (excludes halogenated alkanes) is 1. The predicted molar refractivity (Wildman–Crippen MR) is 120 cm³/mol. The van der Waals surface area contributed by atoms with Gasteiger partial charge in [0.25, 0.3) is 0 Å². The van der Waals surface area contributed by atoms with Crippen LogP contribution in [-0.2, 0) is 22.6 Å². The maximum Gasteiger partial charge on any atom is 0.407 e. The smallest absolute Gasteiger partial charge is 0.407 e. The first-order chi connectivity index (χ1) is 15.5. The van der Waals surface area contributed by atoms with E-state index in [1.807, 2.05) is 17.0 Å². The van der Waals surface area contributed by atoms with Gasteiger partial charge in [-0.1, -0.05) is 24.3 Å². The van der Waals surface area contributed by atoms with Gasteiger partial charge in [-0.05, 0) is 67.9 Å². The summed E-state index contributed by atoms with van der Waals surface area (Å²) >= 11 is 0. The van der Waals surface area contributed by atoms with Crippen LogP contribution in [0.5, 0.6) is 0 Å². The van der Waals surface area contributed by atoms with Crippen LogP contribution in [0.1, 0.15) is 62.5 Å². The molecule has 2 unspecified atom stereocenters. The van der Waals surface area contributed by atoms with Crippen molar-refractivity contribution in [3.63, 3.8) is 0 Å². The highest BCUT2D eigenvalue weighted by molar-refractivity contribution is 5.79. The topological polar surface area (TPSA) is 90.9 Å².